The Morgan fingerprint density at radius 2 is 2.15 bits per heavy atom. The molecule has 1 aromatic rings. The maximum atomic E-state index is 10.5. The highest BCUT2D eigenvalue weighted by molar-refractivity contribution is 14.1. The fraction of sp³-hybridized carbons (Fsp3) is 0.125. The molecule has 1 atom stereocenters. The van der Waals surface area contributed by atoms with E-state index in [1.165, 1.54) is 0 Å². The van der Waals surface area contributed by atoms with Crippen LogP contribution in [0.4, 0.5) is 5.69 Å². The number of hydrogen-bond acceptors (Lipinski definition) is 3. The molecular weight excluding hydrogens is 285 g/mol. The number of aliphatic hydroxyl groups is 1. The first-order valence-electron chi connectivity index (χ1n) is 3.48. The highest BCUT2D eigenvalue weighted by Crippen LogP contribution is 2.25. The van der Waals surface area contributed by atoms with Crippen molar-refractivity contribution in [3.05, 3.63) is 27.3 Å². The number of benzene rings is 1. The molecule has 0 aliphatic heterocycles. The molecule has 13 heavy (non-hydrogen) atoms. The molecule has 4 N–H and O–H groups in total. The Labute approximate surface area is 88.5 Å². The molecule has 0 saturated heterocycles. The van der Waals surface area contributed by atoms with Gasteiger partial charge in [-0.2, -0.15) is 0 Å². The molecule has 0 aliphatic rings. The summed E-state index contributed by atoms with van der Waals surface area (Å²) in [5, 5.41) is 17.9. The molecule has 0 aromatic heterocycles. The first kappa shape index (κ1) is 10.3. The van der Waals surface area contributed by atoms with Gasteiger partial charge in [-0.1, -0.05) is 6.07 Å². The molecule has 0 heterocycles. The lowest BCUT2D eigenvalue weighted by Gasteiger charge is -2.10. The lowest BCUT2D eigenvalue weighted by atomic mass is 10.1. The molecule has 1 rings (SSSR count). The normalized spacial score (nSPS) is 12.5. The first-order valence-corrected chi connectivity index (χ1v) is 4.56. The summed E-state index contributed by atoms with van der Waals surface area (Å²) in [4.78, 5) is 10.5. The molecule has 70 valence electrons. The van der Waals surface area contributed by atoms with Gasteiger partial charge in [0, 0.05) is 14.8 Å². The number of aliphatic hydroxyl groups excluding tert-OH is 1. The lowest BCUT2D eigenvalue weighted by Crippen LogP contribution is -2.13. The van der Waals surface area contributed by atoms with E-state index in [2.05, 4.69) is 0 Å². The van der Waals surface area contributed by atoms with E-state index in [1.807, 2.05) is 22.6 Å². The van der Waals surface area contributed by atoms with Crippen molar-refractivity contribution in [3.8, 4) is 0 Å². The van der Waals surface area contributed by atoms with Crippen LogP contribution in [0, 0.1) is 3.57 Å². The maximum absolute atomic E-state index is 10.5. The zero-order valence-corrected chi connectivity index (χ0v) is 8.72. The van der Waals surface area contributed by atoms with E-state index in [4.69, 9.17) is 10.8 Å². The van der Waals surface area contributed by atoms with Gasteiger partial charge in [0.25, 0.3) is 0 Å². The fourth-order valence-corrected chi connectivity index (χ4v) is 1.78. The van der Waals surface area contributed by atoms with E-state index < -0.39 is 12.1 Å². The van der Waals surface area contributed by atoms with Crippen molar-refractivity contribution in [1.29, 1.82) is 0 Å². The molecule has 1 aromatic carbocycles. The van der Waals surface area contributed by atoms with Crippen molar-refractivity contribution in [2.75, 3.05) is 5.73 Å². The molecule has 0 aliphatic carbocycles. The van der Waals surface area contributed by atoms with E-state index in [1.54, 1.807) is 18.2 Å². The lowest BCUT2D eigenvalue weighted by molar-refractivity contribution is -0.146. The van der Waals surface area contributed by atoms with Gasteiger partial charge in [0.05, 0.1) is 0 Å². The first-order chi connectivity index (χ1) is 6.04. The number of carboxylic acids is 1. The van der Waals surface area contributed by atoms with Gasteiger partial charge >= 0.3 is 5.97 Å². The smallest absolute Gasteiger partial charge is 0.337 e. The Bertz CT molecular complexity index is 320. The van der Waals surface area contributed by atoms with Gasteiger partial charge < -0.3 is 15.9 Å². The average molecular weight is 293 g/mol. The van der Waals surface area contributed by atoms with E-state index in [0.29, 0.717) is 9.26 Å². The van der Waals surface area contributed by atoms with Crippen LogP contribution in [0.3, 0.4) is 0 Å². The van der Waals surface area contributed by atoms with Crippen LogP contribution in [-0.4, -0.2) is 16.2 Å². The second-order valence-corrected chi connectivity index (χ2v) is 3.65. The summed E-state index contributed by atoms with van der Waals surface area (Å²) in [6.45, 7) is 0. The third-order valence-electron chi connectivity index (χ3n) is 1.59. The highest BCUT2D eigenvalue weighted by atomic mass is 127. The minimum atomic E-state index is -1.55. The number of anilines is 1. The number of nitrogen functional groups attached to an aromatic ring is 1. The molecule has 0 saturated carbocycles. The van der Waals surface area contributed by atoms with E-state index in [0.717, 1.165) is 0 Å². The predicted octanol–water partition coefficient (Wildman–Crippen LogP) is 0.991. The Kier molecular flexibility index (Phi) is 3.10. The summed E-state index contributed by atoms with van der Waals surface area (Å²) in [6, 6.07) is 4.96. The van der Waals surface area contributed by atoms with Crippen LogP contribution in [-0.2, 0) is 4.79 Å². The Balaban J connectivity index is 3.20. The molecular formula is C8H8INO3. The van der Waals surface area contributed by atoms with Crippen LogP contribution in [0.25, 0.3) is 0 Å². The number of nitrogens with two attached hydrogens (primary N) is 1. The standard InChI is InChI=1S/C8H8INO3/c9-4-2-1-3-5(10)6(4)7(11)8(12)13/h1-3,7,11H,10H2,(H,12,13). The second kappa shape index (κ2) is 3.93. The molecule has 0 amide bonds. The van der Waals surface area contributed by atoms with Crippen molar-refractivity contribution in [3.63, 3.8) is 0 Å². The van der Waals surface area contributed by atoms with E-state index in [9.17, 15) is 9.90 Å². The monoisotopic (exact) mass is 293 g/mol. The topological polar surface area (TPSA) is 83.5 Å². The number of carboxylic acid groups (broad SMARTS) is 1. The van der Waals surface area contributed by atoms with Crippen molar-refractivity contribution in [2.24, 2.45) is 0 Å². The van der Waals surface area contributed by atoms with Gasteiger partial charge in [-0.05, 0) is 34.7 Å². The molecule has 5 heteroatoms. The van der Waals surface area contributed by atoms with Gasteiger partial charge in [0.2, 0.25) is 0 Å². The summed E-state index contributed by atoms with van der Waals surface area (Å²) in [7, 11) is 0. The quantitative estimate of drug-likeness (QED) is 0.561. The van der Waals surface area contributed by atoms with E-state index >= 15 is 0 Å². The molecule has 0 radical (unpaired) electrons. The minimum Gasteiger partial charge on any atom is -0.479 e. The van der Waals surface area contributed by atoms with Crippen molar-refractivity contribution in [1.82, 2.24) is 0 Å². The number of rotatable bonds is 2. The zero-order valence-electron chi connectivity index (χ0n) is 6.57. The van der Waals surface area contributed by atoms with Crippen LogP contribution in [0.5, 0.6) is 0 Å². The summed E-state index contributed by atoms with van der Waals surface area (Å²) in [6.07, 6.45) is -1.55. The van der Waals surface area contributed by atoms with Crippen LogP contribution < -0.4 is 5.73 Å². The Morgan fingerprint density at radius 3 is 2.62 bits per heavy atom. The van der Waals surface area contributed by atoms with Crippen LogP contribution in [0.1, 0.15) is 11.7 Å². The number of carbonyl (C=O) groups is 1. The second-order valence-electron chi connectivity index (χ2n) is 2.48. The molecule has 0 fully saturated rings. The van der Waals surface area contributed by atoms with Crippen LogP contribution in [0.15, 0.2) is 18.2 Å². The van der Waals surface area contributed by atoms with Crippen molar-refractivity contribution >= 4 is 34.2 Å². The van der Waals surface area contributed by atoms with Gasteiger partial charge in [0.1, 0.15) is 0 Å². The molecule has 0 bridgehead atoms. The fourth-order valence-electron chi connectivity index (χ4n) is 0.966. The zero-order chi connectivity index (χ0) is 10.0. The number of halogens is 1. The van der Waals surface area contributed by atoms with Crippen molar-refractivity contribution < 1.29 is 15.0 Å². The van der Waals surface area contributed by atoms with Gasteiger partial charge in [-0.25, -0.2) is 4.79 Å². The third kappa shape index (κ3) is 2.10. The van der Waals surface area contributed by atoms with Crippen LogP contribution in [0.2, 0.25) is 0 Å². The largest absolute Gasteiger partial charge is 0.479 e. The van der Waals surface area contributed by atoms with Gasteiger partial charge in [-0.3, -0.25) is 0 Å². The summed E-state index contributed by atoms with van der Waals surface area (Å²) in [5.41, 5.74) is 6.09. The Hall–Kier alpha value is -0.820. The molecule has 0 spiro atoms. The van der Waals surface area contributed by atoms with Crippen molar-refractivity contribution in [2.45, 2.75) is 6.10 Å². The minimum absolute atomic E-state index is 0.260. The Morgan fingerprint density at radius 1 is 1.54 bits per heavy atom. The maximum Gasteiger partial charge on any atom is 0.337 e. The predicted molar refractivity (Wildman–Crippen MR) is 56.2 cm³/mol. The average Bonchev–Trinajstić information content (AvgIpc) is 2.03. The van der Waals surface area contributed by atoms with Gasteiger partial charge in [-0.15, -0.1) is 0 Å². The summed E-state index contributed by atoms with van der Waals surface area (Å²) >= 11 is 1.93. The highest BCUT2D eigenvalue weighted by Gasteiger charge is 2.20. The molecule has 4 nitrogen and oxygen atoms in total. The molecule has 1 unspecified atom stereocenters. The summed E-state index contributed by atoms with van der Waals surface area (Å²) in [5.74, 6) is -1.30. The van der Waals surface area contributed by atoms with Gasteiger partial charge in [0.15, 0.2) is 6.10 Å². The summed E-state index contributed by atoms with van der Waals surface area (Å²) < 4.78 is 0.646. The third-order valence-corrected chi connectivity index (χ3v) is 2.53. The van der Waals surface area contributed by atoms with E-state index in [-0.39, 0.29) is 5.56 Å². The number of aliphatic carboxylic acids is 1. The number of hydrogen-bond donors (Lipinski definition) is 3. The van der Waals surface area contributed by atoms with Crippen LogP contribution >= 0.6 is 22.6 Å². The SMILES string of the molecule is Nc1cccc(I)c1C(O)C(=O)O.